The summed E-state index contributed by atoms with van der Waals surface area (Å²) in [6.07, 6.45) is -0.310. The Morgan fingerprint density at radius 2 is 2.12 bits per heavy atom. The number of hydrogen-bond donors (Lipinski definition) is 1. The Kier molecular flexibility index (Phi) is 4.54. The highest BCUT2D eigenvalue weighted by Gasteiger charge is 2.29. The SMILES string of the molecule is CCOC(=O)N1CCN(C(=O)CN)CC1C. The number of carbonyl (C=O) groups is 2. The zero-order valence-electron chi connectivity index (χ0n) is 9.81. The van der Waals surface area contributed by atoms with Crippen LogP contribution in [0.15, 0.2) is 0 Å². The monoisotopic (exact) mass is 229 g/mol. The van der Waals surface area contributed by atoms with Crippen LogP contribution >= 0.6 is 0 Å². The topological polar surface area (TPSA) is 75.9 Å². The summed E-state index contributed by atoms with van der Waals surface area (Å²) in [6, 6.07) is -0.0247. The van der Waals surface area contributed by atoms with Crippen LogP contribution in [0, 0.1) is 0 Å². The van der Waals surface area contributed by atoms with Crippen molar-refractivity contribution in [2.24, 2.45) is 5.73 Å². The molecule has 1 rings (SSSR count). The summed E-state index contributed by atoms with van der Waals surface area (Å²) < 4.78 is 4.93. The molecule has 6 heteroatoms. The maximum Gasteiger partial charge on any atom is 0.410 e. The Morgan fingerprint density at radius 1 is 1.44 bits per heavy atom. The molecule has 0 spiro atoms. The Bertz CT molecular complexity index is 270. The van der Waals surface area contributed by atoms with Crippen molar-refractivity contribution in [3.63, 3.8) is 0 Å². The molecule has 2 amide bonds. The Hall–Kier alpha value is -1.30. The van der Waals surface area contributed by atoms with Gasteiger partial charge in [-0.2, -0.15) is 0 Å². The number of nitrogens with two attached hydrogens (primary N) is 1. The van der Waals surface area contributed by atoms with E-state index in [4.69, 9.17) is 10.5 Å². The number of nitrogens with zero attached hydrogens (tertiary/aromatic N) is 2. The number of hydrogen-bond acceptors (Lipinski definition) is 4. The molecule has 1 atom stereocenters. The predicted molar refractivity (Wildman–Crippen MR) is 58.8 cm³/mol. The van der Waals surface area contributed by atoms with Crippen LogP contribution in [0.2, 0.25) is 0 Å². The smallest absolute Gasteiger partial charge is 0.410 e. The first-order valence-electron chi connectivity index (χ1n) is 5.51. The fraction of sp³-hybridized carbons (Fsp3) is 0.800. The van der Waals surface area contributed by atoms with Gasteiger partial charge in [-0.15, -0.1) is 0 Å². The molecular formula is C10H19N3O3. The van der Waals surface area contributed by atoms with Gasteiger partial charge in [0.05, 0.1) is 13.2 Å². The van der Waals surface area contributed by atoms with Crippen LogP contribution in [0.1, 0.15) is 13.8 Å². The van der Waals surface area contributed by atoms with Crippen LogP contribution in [0.25, 0.3) is 0 Å². The van der Waals surface area contributed by atoms with Crippen molar-refractivity contribution in [2.75, 3.05) is 32.8 Å². The van der Waals surface area contributed by atoms with Crippen molar-refractivity contribution >= 4 is 12.0 Å². The first-order chi connectivity index (χ1) is 7.60. The third-order valence-electron chi connectivity index (χ3n) is 2.66. The zero-order chi connectivity index (χ0) is 12.1. The molecule has 2 N–H and O–H groups in total. The first-order valence-corrected chi connectivity index (χ1v) is 5.51. The minimum absolute atomic E-state index is 0.0200. The van der Waals surface area contributed by atoms with E-state index in [0.29, 0.717) is 26.2 Å². The molecule has 1 fully saturated rings. The number of piperazine rings is 1. The van der Waals surface area contributed by atoms with Crippen molar-refractivity contribution < 1.29 is 14.3 Å². The van der Waals surface area contributed by atoms with Gasteiger partial charge >= 0.3 is 6.09 Å². The molecule has 1 aliphatic rings. The quantitative estimate of drug-likeness (QED) is 0.701. The molecule has 0 aliphatic carbocycles. The van der Waals surface area contributed by atoms with Gasteiger partial charge in [0, 0.05) is 25.7 Å². The number of amides is 2. The van der Waals surface area contributed by atoms with E-state index in [2.05, 4.69) is 0 Å². The lowest BCUT2D eigenvalue weighted by atomic mass is 10.2. The summed E-state index contributed by atoms with van der Waals surface area (Å²) in [4.78, 5) is 26.2. The highest BCUT2D eigenvalue weighted by Crippen LogP contribution is 2.10. The molecule has 16 heavy (non-hydrogen) atoms. The molecule has 0 aromatic rings. The van der Waals surface area contributed by atoms with Gasteiger partial charge in [-0.1, -0.05) is 0 Å². The molecular weight excluding hydrogens is 210 g/mol. The molecule has 0 bridgehead atoms. The summed E-state index contributed by atoms with van der Waals surface area (Å²) in [6.45, 7) is 5.61. The zero-order valence-corrected chi connectivity index (χ0v) is 9.81. The van der Waals surface area contributed by atoms with Crippen LogP contribution in [0.5, 0.6) is 0 Å². The van der Waals surface area contributed by atoms with Gasteiger partial charge in [-0.05, 0) is 13.8 Å². The molecule has 1 heterocycles. The average molecular weight is 229 g/mol. The Balaban J connectivity index is 2.52. The Morgan fingerprint density at radius 3 is 2.62 bits per heavy atom. The largest absolute Gasteiger partial charge is 0.450 e. The molecule has 1 unspecified atom stereocenters. The average Bonchev–Trinajstić information content (AvgIpc) is 2.28. The lowest BCUT2D eigenvalue weighted by Gasteiger charge is -2.38. The highest BCUT2D eigenvalue weighted by atomic mass is 16.6. The summed E-state index contributed by atoms with van der Waals surface area (Å²) >= 11 is 0. The molecule has 92 valence electrons. The van der Waals surface area contributed by atoms with Crippen LogP contribution in [-0.4, -0.2) is 60.6 Å². The normalized spacial score (nSPS) is 20.8. The van der Waals surface area contributed by atoms with Gasteiger partial charge in [0.15, 0.2) is 0 Å². The second-order valence-corrected chi connectivity index (χ2v) is 3.79. The fourth-order valence-corrected chi connectivity index (χ4v) is 1.79. The van der Waals surface area contributed by atoms with E-state index in [9.17, 15) is 9.59 Å². The summed E-state index contributed by atoms with van der Waals surface area (Å²) in [5, 5.41) is 0. The maximum absolute atomic E-state index is 11.5. The lowest BCUT2D eigenvalue weighted by Crippen LogP contribution is -2.56. The number of ether oxygens (including phenoxy) is 1. The summed E-state index contributed by atoms with van der Waals surface area (Å²) in [7, 11) is 0. The molecule has 0 aromatic carbocycles. The van der Waals surface area contributed by atoms with Crippen molar-refractivity contribution in [3.8, 4) is 0 Å². The fourth-order valence-electron chi connectivity index (χ4n) is 1.79. The van der Waals surface area contributed by atoms with Crippen LogP contribution in [-0.2, 0) is 9.53 Å². The third-order valence-corrected chi connectivity index (χ3v) is 2.66. The van der Waals surface area contributed by atoms with E-state index >= 15 is 0 Å². The van der Waals surface area contributed by atoms with Crippen molar-refractivity contribution in [1.82, 2.24) is 9.80 Å². The van der Waals surface area contributed by atoms with E-state index < -0.39 is 0 Å². The van der Waals surface area contributed by atoms with Crippen molar-refractivity contribution in [1.29, 1.82) is 0 Å². The molecule has 0 radical (unpaired) electrons. The second kappa shape index (κ2) is 5.69. The highest BCUT2D eigenvalue weighted by molar-refractivity contribution is 5.78. The van der Waals surface area contributed by atoms with Crippen molar-refractivity contribution in [3.05, 3.63) is 0 Å². The van der Waals surface area contributed by atoms with Gasteiger partial charge in [0.25, 0.3) is 0 Å². The van der Waals surface area contributed by atoms with E-state index in [1.807, 2.05) is 6.92 Å². The van der Waals surface area contributed by atoms with Crippen molar-refractivity contribution in [2.45, 2.75) is 19.9 Å². The number of carbonyl (C=O) groups excluding carboxylic acids is 2. The number of rotatable bonds is 2. The molecule has 6 nitrogen and oxygen atoms in total. The summed E-state index contributed by atoms with van der Waals surface area (Å²) in [5.74, 6) is -0.0737. The Labute approximate surface area is 95.3 Å². The van der Waals surface area contributed by atoms with Gasteiger partial charge in [-0.25, -0.2) is 4.79 Å². The van der Waals surface area contributed by atoms with E-state index in [1.165, 1.54) is 0 Å². The third kappa shape index (κ3) is 2.85. The molecule has 0 saturated carbocycles. The van der Waals surface area contributed by atoms with E-state index in [0.717, 1.165) is 0 Å². The van der Waals surface area contributed by atoms with Gasteiger partial charge in [-0.3, -0.25) is 4.79 Å². The summed E-state index contributed by atoms with van der Waals surface area (Å²) in [5.41, 5.74) is 5.29. The molecule has 1 saturated heterocycles. The standard InChI is InChI=1S/C10H19N3O3/c1-3-16-10(15)13-5-4-12(7-8(13)2)9(14)6-11/h8H,3-7,11H2,1-2H3. The van der Waals surface area contributed by atoms with Crippen LogP contribution in [0.4, 0.5) is 4.79 Å². The van der Waals surface area contributed by atoms with Gasteiger partial charge in [0.1, 0.15) is 0 Å². The predicted octanol–water partition coefficient (Wildman–Crippen LogP) is -0.366. The van der Waals surface area contributed by atoms with Crippen LogP contribution < -0.4 is 5.73 Å². The lowest BCUT2D eigenvalue weighted by molar-refractivity contribution is -0.132. The minimum atomic E-state index is -0.310. The van der Waals surface area contributed by atoms with Gasteiger partial charge < -0.3 is 20.3 Å². The van der Waals surface area contributed by atoms with Gasteiger partial charge in [0.2, 0.25) is 5.91 Å². The first kappa shape index (κ1) is 12.8. The minimum Gasteiger partial charge on any atom is -0.450 e. The van der Waals surface area contributed by atoms with E-state index in [-0.39, 0.29) is 24.6 Å². The second-order valence-electron chi connectivity index (χ2n) is 3.79. The maximum atomic E-state index is 11.5. The van der Waals surface area contributed by atoms with E-state index in [1.54, 1.807) is 16.7 Å². The molecule has 1 aliphatic heterocycles. The van der Waals surface area contributed by atoms with Crippen LogP contribution in [0.3, 0.4) is 0 Å². The molecule has 0 aromatic heterocycles.